The molecule has 0 aromatic heterocycles. The number of ketones is 1. The van der Waals surface area contributed by atoms with Crippen LogP contribution in [-0.2, 0) is 16.0 Å². The molecule has 2 saturated carbocycles. The first kappa shape index (κ1) is 46.4. The number of nitrogens with zero attached hydrogens (tertiary/aromatic N) is 2. The van der Waals surface area contributed by atoms with Gasteiger partial charge in [-0.1, -0.05) is 61.0 Å². The number of hydrogen-bond acceptors (Lipinski definition) is 6. The Morgan fingerprint density at radius 2 is 1.74 bits per heavy atom. The molecule has 1 aromatic carbocycles. The van der Waals surface area contributed by atoms with Crippen molar-refractivity contribution < 1.29 is 32.3 Å². The van der Waals surface area contributed by atoms with E-state index in [1.807, 2.05) is 19.1 Å². The van der Waals surface area contributed by atoms with Crippen molar-refractivity contribution in [2.75, 3.05) is 32.4 Å². The van der Waals surface area contributed by atoms with Crippen molar-refractivity contribution >= 4 is 38.6 Å². The van der Waals surface area contributed by atoms with Crippen LogP contribution in [0.1, 0.15) is 143 Å². The van der Waals surface area contributed by atoms with Crippen LogP contribution in [0.5, 0.6) is 5.75 Å². The number of carbonyl (C=O) groups excluding carboxylic acids is 3. The summed E-state index contributed by atoms with van der Waals surface area (Å²) in [5, 5.41) is 0. The van der Waals surface area contributed by atoms with Crippen LogP contribution in [0.3, 0.4) is 0 Å². The zero-order chi connectivity index (χ0) is 40.5. The molecule has 0 spiro atoms. The number of ether oxygens (including phenoxy) is 1. The highest BCUT2D eigenvalue weighted by molar-refractivity contribution is 7.80. The van der Waals surface area contributed by atoms with Gasteiger partial charge in [0.05, 0.1) is 0 Å². The number of benzene rings is 1. The number of aryl methyl sites for hydroxylation is 1. The standard InChI is InChI=1S/C30H41FN2O4.C7H13BF2S.C6H14/c1-30-13-10-24-23-9-7-22(18-20(23)6-8-25(24)26(30)19-27(31)28(30)35)37-29(36)33-15-11-21(12-16-33)32(2)14-4-3-5-17-34;1-6(2,4-3-5-11)7(8,9)10;1-5-6(2,3)4/h7,9,17-18,21,24-27H,3-6,8,10-16,19H2,1-2H3;11H,3-5H2,1-2H3;5H2,1-4H3. The van der Waals surface area contributed by atoms with Crippen molar-refractivity contribution in [3.8, 4) is 5.75 Å². The summed E-state index contributed by atoms with van der Waals surface area (Å²) in [6.07, 6.45) is 10.1. The summed E-state index contributed by atoms with van der Waals surface area (Å²) >= 11 is 3.94. The van der Waals surface area contributed by atoms with E-state index in [9.17, 15) is 27.6 Å². The Morgan fingerprint density at radius 3 is 2.31 bits per heavy atom. The largest absolute Gasteiger partial charge is 0.415 e. The third-order valence-corrected chi connectivity index (χ3v) is 13.3. The number of fused-ring (bicyclic) bond motifs is 5. The normalized spacial score (nSPS) is 25.7. The summed E-state index contributed by atoms with van der Waals surface area (Å²) < 4.78 is 45.3. The Balaban J connectivity index is 0.000000385. The third kappa shape index (κ3) is 12.2. The molecule has 0 bridgehead atoms. The van der Waals surface area contributed by atoms with Gasteiger partial charge in [0, 0.05) is 36.4 Å². The van der Waals surface area contributed by atoms with E-state index in [-0.39, 0.29) is 17.8 Å². The minimum absolute atomic E-state index is 0.137. The molecule has 5 unspecified atom stereocenters. The Bertz CT molecular complexity index is 1380. The molecule has 11 heteroatoms. The lowest BCUT2D eigenvalue weighted by Crippen LogP contribution is -2.46. The predicted molar refractivity (Wildman–Crippen MR) is 217 cm³/mol. The fourth-order valence-electron chi connectivity index (χ4n) is 8.48. The zero-order valence-corrected chi connectivity index (χ0v) is 35.3. The molecule has 1 saturated heterocycles. The first-order valence-corrected chi connectivity index (χ1v) is 21.0. The van der Waals surface area contributed by atoms with Crippen molar-refractivity contribution in [2.45, 2.75) is 156 Å². The SMILES string of the molecule is CCC(C)(C)C.CN(CCCCC=O)C1CCN(C(=O)Oc2ccc3c(c2)CCC2C3CCC3(C)C(=O)C(F)CC23)CC1.[B]C(F)(F)C(C)(C)CCCS. The number of rotatable bonds is 11. The van der Waals surface area contributed by atoms with Crippen LogP contribution in [0.2, 0.25) is 0 Å². The number of hydrogen-bond donors (Lipinski definition) is 1. The molecule has 1 aromatic rings. The van der Waals surface area contributed by atoms with Crippen LogP contribution in [0.4, 0.5) is 18.0 Å². The van der Waals surface area contributed by atoms with E-state index in [1.165, 1.54) is 31.4 Å². The maximum Gasteiger partial charge on any atom is 0.415 e. The maximum atomic E-state index is 14.4. The lowest BCUT2D eigenvalue weighted by atomic mass is 9.55. The van der Waals surface area contributed by atoms with Crippen molar-refractivity contribution in [3.05, 3.63) is 29.3 Å². The van der Waals surface area contributed by atoms with Crippen LogP contribution in [0.15, 0.2) is 18.2 Å². The van der Waals surface area contributed by atoms with Gasteiger partial charge < -0.3 is 19.3 Å². The lowest BCUT2D eigenvalue weighted by Gasteiger charge is -2.48. The second-order valence-electron chi connectivity index (χ2n) is 18.3. The first-order chi connectivity index (χ1) is 25.2. The Hall–Kier alpha value is -2.01. The Labute approximate surface area is 331 Å². The molecule has 0 N–H and O–H groups in total. The van der Waals surface area contributed by atoms with E-state index in [1.54, 1.807) is 4.90 Å². The number of alkyl halides is 3. The number of likely N-dealkylation sites (tertiary alicyclic amines) is 1. The highest BCUT2D eigenvalue weighted by atomic mass is 32.1. The van der Waals surface area contributed by atoms with E-state index >= 15 is 0 Å². The molecule has 1 amide bonds. The second-order valence-corrected chi connectivity index (χ2v) is 18.7. The molecule has 3 fully saturated rings. The van der Waals surface area contributed by atoms with Gasteiger partial charge in [0.2, 0.25) is 5.82 Å². The number of aldehydes is 1. The zero-order valence-electron chi connectivity index (χ0n) is 34.4. The lowest BCUT2D eigenvalue weighted by molar-refractivity contribution is -0.132. The summed E-state index contributed by atoms with van der Waals surface area (Å²) in [6, 6.07) is 6.49. The average molecular weight is 777 g/mol. The number of piperidine rings is 1. The van der Waals surface area contributed by atoms with E-state index < -0.39 is 22.8 Å². The molecular formula is C43H68BF3N2O4S. The van der Waals surface area contributed by atoms with Crippen LogP contribution in [0.25, 0.3) is 0 Å². The molecule has 1 heterocycles. The van der Waals surface area contributed by atoms with Gasteiger partial charge >= 0.3 is 6.09 Å². The number of halogens is 3. The van der Waals surface area contributed by atoms with E-state index in [0.29, 0.717) is 73.6 Å². The number of thiol groups is 1. The quantitative estimate of drug-likeness (QED) is 0.105. The molecular weight excluding hydrogens is 708 g/mol. The molecule has 54 heavy (non-hydrogen) atoms. The molecule has 3 aliphatic carbocycles. The third-order valence-electron chi connectivity index (χ3n) is 13.0. The average Bonchev–Trinajstić information content (AvgIpc) is 3.36. The molecule has 1 aliphatic heterocycles. The molecule has 304 valence electrons. The van der Waals surface area contributed by atoms with Gasteiger partial charge in [-0.05, 0) is 136 Å². The van der Waals surface area contributed by atoms with Gasteiger partial charge in [-0.2, -0.15) is 12.6 Å². The number of amides is 1. The molecule has 2 radical (unpaired) electrons. The summed E-state index contributed by atoms with van der Waals surface area (Å²) in [4.78, 5) is 40.1. The summed E-state index contributed by atoms with van der Waals surface area (Å²) in [5.74, 6) is -1.19. The smallest absolute Gasteiger partial charge is 0.410 e. The molecule has 6 nitrogen and oxygen atoms in total. The maximum absolute atomic E-state index is 14.4. The summed E-state index contributed by atoms with van der Waals surface area (Å²) in [7, 11) is 6.83. The van der Waals surface area contributed by atoms with Crippen LogP contribution < -0.4 is 4.74 Å². The molecule has 5 atom stereocenters. The van der Waals surface area contributed by atoms with Gasteiger partial charge in [0.1, 0.15) is 12.0 Å². The van der Waals surface area contributed by atoms with Gasteiger partial charge in [0.25, 0.3) is 0 Å². The van der Waals surface area contributed by atoms with Gasteiger partial charge in [-0.15, -0.1) is 0 Å². The monoisotopic (exact) mass is 776 g/mol. The predicted octanol–water partition coefficient (Wildman–Crippen LogP) is 10.3. The van der Waals surface area contributed by atoms with Crippen LogP contribution >= 0.6 is 12.6 Å². The van der Waals surface area contributed by atoms with Crippen molar-refractivity contribution in [2.24, 2.45) is 28.1 Å². The highest BCUT2D eigenvalue weighted by Crippen LogP contribution is 2.60. The van der Waals surface area contributed by atoms with Gasteiger partial charge in [0.15, 0.2) is 19.8 Å². The Morgan fingerprint density at radius 1 is 1.09 bits per heavy atom. The number of carbonyl (C=O) groups is 3. The molecule has 5 rings (SSSR count). The first-order valence-electron chi connectivity index (χ1n) is 20.4. The fraction of sp³-hybridized carbons (Fsp3) is 0.791. The number of Topliss-reactive ketones (excluding diaryl/α,β-unsaturated/α-hetero) is 1. The highest BCUT2D eigenvalue weighted by Gasteiger charge is 2.58. The van der Waals surface area contributed by atoms with Crippen LogP contribution in [-0.4, -0.2) is 86.3 Å². The van der Waals surface area contributed by atoms with E-state index in [4.69, 9.17) is 12.6 Å². The van der Waals surface area contributed by atoms with Gasteiger partial charge in [-0.25, -0.2) is 18.0 Å². The fourth-order valence-corrected chi connectivity index (χ4v) is 8.64. The van der Waals surface area contributed by atoms with Crippen molar-refractivity contribution in [1.29, 1.82) is 0 Å². The van der Waals surface area contributed by atoms with E-state index in [0.717, 1.165) is 64.2 Å². The number of unbranched alkanes of at least 4 members (excludes halogenated alkanes) is 2. The topological polar surface area (TPSA) is 66.9 Å². The minimum atomic E-state index is -3.09. The van der Waals surface area contributed by atoms with Crippen LogP contribution in [0, 0.1) is 28.1 Å². The van der Waals surface area contributed by atoms with Crippen molar-refractivity contribution in [1.82, 2.24) is 9.80 Å². The second kappa shape index (κ2) is 19.9. The summed E-state index contributed by atoms with van der Waals surface area (Å²) in [5.41, 5.74) is 1.46. The molecule has 4 aliphatic rings. The van der Waals surface area contributed by atoms with Gasteiger partial charge in [-0.3, -0.25) is 4.79 Å². The van der Waals surface area contributed by atoms with Crippen molar-refractivity contribution in [3.63, 3.8) is 0 Å². The minimum Gasteiger partial charge on any atom is -0.410 e. The Kier molecular flexibility index (Phi) is 17.1. The van der Waals surface area contributed by atoms with E-state index in [2.05, 4.69) is 58.3 Å². The summed E-state index contributed by atoms with van der Waals surface area (Å²) in [6.45, 7) is 16.2.